The van der Waals surface area contributed by atoms with Crippen LogP contribution >= 0.6 is 0 Å². The Bertz CT molecular complexity index is 728. The number of nitrogens with zero attached hydrogens (tertiary/aromatic N) is 1. The molecule has 1 N–H and O–H groups in total. The molecule has 0 spiro atoms. The number of nitrogens with one attached hydrogen (secondary N) is 1. The van der Waals surface area contributed by atoms with Crippen LogP contribution in [0, 0.1) is 0 Å². The Balaban J connectivity index is 2.90. The Labute approximate surface area is 148 Å². The highest BCUT2D eigenvalue weighted by atomic mass is 32.2. The van der Waals surface area contributed by atoms with Gasteiger partial charge in [-0.05, 0) is 6.92 Å². The van der Waals surface area contributed by atoms with Crippen molar-refractivity contribution in [2.45, 2.75) is 25.5 Å². The largest absolute Gasteiger partial charge is 0.445 e. The number of carbonyl (C=O) groups excluding carboxylic acids is 1. The smallest absolute Gasteiger partial charge is 0.410 e. The van der Waals surface area contributed by atoms with Crippen molar-refractivity contribution in [2.75, 3.05) is 32.2 Å². The molecule has 0 saturated carbocycles. The van der Waals surface area contributed by atoms with Gasteiger partial charge in [0.05, 0.1) is 31.2 Å². The highest BCUT2D eigenvalue weighted by Gasteiger charge is 2.39. The first-order chi connectivity index (χ1) is 11.4. The van der Waals surface area contributed by atoms with Gasteiger partial charge in [0.2, 0.25) is 10.0 Å². The Morgan fingerprint density at radius 3 is 2.48 bits per heavy atom. The van der Waals surface area contributed by atoms with Gasteiger partial charge in [-0.1, -0.05) is 24.3 Å². The van der Waals surface area contributed by atoms with Gasteiger partial charge < -0.3 is 4.74 Å². The number of hydrogen-bond donors (Lipinski definition) is 1. The van der Waals surface area contributed by atoms with Crippen molar-refractivity contribution < 1.29 is 30.6 Å². The number of carbonyl (C=O) groups is 1. The third-order valence-electron chi connectivity index (χ3n) is 3.43. The molecular formula is C14H24N2O7S2. The van der Waals surface area contributed by atoms with Gasteiger partial charge in [-0.2, -0.15) is 8.42 Å². The Kier molecular flexibility index (Phi) is 7.60. The van der Waals surface area contributed by atoms with Gasteiger partial charge >= 0.3 is 6.09 Å². The fourth-order valence-electron chi connectivity index (χ4n) is 2.45. The molecule has 1 amide bonds. The van der Waals surface area contributed by atoms with Crippen LogP contribution in [-0.2, 0) is 29.1 Å². The van der Waals surface area contributed by atoms with Crippen molar-refractivity contribution in [1.82, 2.24) is 9.62 Å². The molecule has 0 unspecified atom stereocenters. The quantitative estimate of drug-likeness (QED) is 0.460. The molecule has 9 nitrogen and oxygen atoms in total. The summed E-state index contributed by atoms with van der Waals surface area (Å²) in [7, 11) is -7.00. The molecule has 0 bridgehead atoms. The third-order valence-corrected chi connectivity index (χ3v) is 4.74. The number of rotatable bonds is 8. The summed E-state index contributed by atoms with van der Waals surface area (Å²) < 4.78 is 57.2. The van der Waals surface area contributed by atoms with E-state index in [1.165, 1.54) is 11.0 Å². The minimum atomic E-state index is -3.67. The first kappa shape index (κ1) is 21.6. The fourth-order valence-corrected chi connectivity index (χ4v) is 3.47. The van der Waals surface area contributed by atoms with E-state index in [0.717, 1.165) is 12.5 Å². The Hall–Kier alpha value is -1.43. The molecular weight excluding hydrogens is 372 g/mol. The molecule has 1 aliphatic heterocycles. The van der Waals surface area contributed by atoms with Crippen LogP contribution in [0.4, 0.5) is 4.79 Å². The summed E-state index contributed by atoms with van der Waals surface area (Å²) in [5.41, 5.74) is 0.700. The average Bonchev–Trinajstić information content (AvgIpc) is 2.85. The average molecular weight is 396 g/mol. The molecule has 11 heteroatoms. The second-order valence-corrected chi connectivity index (χ2v) is 9.19. The van der Waals surface area contributed by atoms with Crippen LogP contribution in [0.3, 0.4) is 0 Å². The van der Waals surface area contributed by atoms with Crippen LogP contribution < -0.4 is 4.72 Å². The summed E-state index contributed by atoms with van der Waals surface area (Å²) in [6, 6.07) is -0.453. The van der Waals surface area contributed by atoms with Crippen molar-refractivity contribution >= 4 is 26.2 Å². The zero-order chi connectivity index (χ0) is 19.3. The molecule has 1 aliphatic rings. The van der Waals surface area contributed by atoms with Crippen LogP contribution in [0.5, 0.6) is 0 Å². The number of hydrogen-bond acceptors (Lipinski definition) is 7. The van der Waals surface area contributed by atoms with Gasteiger partial charge in [-0.3, -0.25) is 9.08 Å². The van der Waals surface area contributed by atoms with Gasteiger partial charge in [0.15, 0.2) is 0 Å². The highest BCUT2D eigenvalue weighted by Crippen LogP contribution is 2.27. The van der Waals surface area contributed by atoms with Crippen LogP contribution in [0.1, 0.15) is 13.3 Å². The van der Waals surface area contributed by atoms with Crippen LogP contribution in [0.25, 0.3) is 0 Å². The predicted octanol–water partition coefficient (Wildman–Crippen LogP) is 0.224. The van der Waals surface area contributed by atoms with Crippen molar-refractivity contribution in [3.05, 3.63) is 24.3 Å². The van der Waals surface area contributed by atoms with Crippen LogP contribution in [-0.4, -0.2) is 72.2 Å². The summed E-state index contributed by atoms with van der Waals surface area (Å²) in [4.78, 5) is 13.5. The molecule has 0 aromatic carbocycles. The number of likely N-dealkylation sites (tertiary alicyclic amines) is 1. The van der Waals surface area contributed by atoms with E-state index in [4.69, 9.17) is 8.92 Å². The molecule has 0 aromatic heterocycles. The second-order valence-electron chi connectivity index (χ2n) is 5.76. The summed E-state index contributed by atoms with van der Waals surface area (Å²) in [5, 5.41) is 0. The maximum absolute atomic E-state index is 12.2. The second kappa shape index (κ2) is 8.79. The molecule has 1 heterocycles. The van der Waals surface area contributed by atoms with Gasteiger partial charge in [0, 0.05) is 13.0 Å². The highest BCUT2D eigenvalue weighted by molar-refractivity contribution is 7.88. The molecule has 1 saturated heterocycles. The molecule has 25 heavy (non-hydrogen) atoms. The maximum Gasteiger partial charge on any atom is 0.410 e. The summed E-state index contributed by atoms with van der Waals surface area (Å²) in [5.74, 6) is 0. The minimum absolute atomic E-state index is 0.0258. The van der Waals surface area contributed by atoms with Crippen LogP contribution in [0.15, 0.2) is 24.3 Å². The van der Waals surface area contributed by atoms with E-state index in [2.05, 4.69) is 11.3 Å². The summed E-state index contributed by atoms with van der Waals surface area (Å²) in [6.45, 7) is 5.34. The lowest BCUT2D eigenvalue weighted by atomic mass is 10.1. The SMILES string of the molecule is C=CCOC(=O)N1C[C@H](OS(C)(=O)=O)C[C@H]1/C(C)=C\CNS(C)(=O)=O. The summed E-state index contributed by atoms with van der Waals surface area (Å²) >= 11 is 0. The number of ether oxygens (including phenoxy) is 1. The number of amides is 1. The van der Waals surface area contributed by atoms with Gasteiger partial charge in [-0.15, -0.1) is 0 Å². The van der Waals surface area contributed by atoms with Crippen molar-refractivity contribution in [1.29, 1.82) is 0 Å². The molecule has 0 aliphatic carbocycles. The van der Waals surface area contributed by atoms with E-state index in [1.807, 2.05) is 0 Å². The minimum Gasteiger partial charge on any atom is -0.445 e. The van der Waals surface area contributed by atoms with Crippen LogP contribution in [0.2, 0.25) is 0 Å². The number of sulfonamides is 1. The summed E-state index contributed by atoms with van der Waals surface area (Å²) in [6.07, 6.45) is 3.99. The van der Waals surface area contributed by atoms with Crippen molar-refractivity contribution in [2.24, 2.45) is 0 Å². The van der Waals surface area contributed by atoms with Gasteiger partial charge in [-0.25, -0.2) is 17.9 Å². The first-order valence-electron chi connectivity index (χ1n) is 7.47. The topological polar surface area (TPSA) is 119 Å². The molecule has 2 atom stereocenters. The lowest BCUT2D eigenvalue weighted by molar-refractivity contribution is 0.108. The standard InChI is InChI=1S/C14H24N2O7S2/c1-5-8-22-14(17)16-10-12(23-25(4,20)21)9-13(16)11(2)6-7-15-24(3,18)19/h5-6,12-13,15H,1,7-10H2,2-4H3/b11-6-/t12-,13+/m1/s1. The normalized spacial score (nSPS) is 22.0. The third kappa shape index (κ3) is 7.99. The fraction of sp³-hybridized carbons (Fsp3) is 0.643. The van der Waals surface area contributed by atoms with E-state index >= 15 is 0 Å². The Morgan fingerprint density at radius 1 is 1.32 bits per heavy atom. The first-order valence-corrected chi connectivity index (χ1v) is 11.2. The van der Waals surface area contributed by atoms with Gasteiger partial charge in [0.25, 0.3) is 10.1 Å². The molecule has 1 fully saturated rings. The van der Waals surface area contributed by atoms with E-state index < -0.39 is 38.4 Å². The predicted molar refractivity (Wildman–Crippen MR) is 93.0 cm³/mol. The van der Waals surface area contributed by atoms with Gasteiger partial charge in [0.1, 0.15) is 6.61 Å². The lowest BCUT2D eigenvalue weighted by Gasteiger charge is -2.24. The molecule has 0 aromatic rings. The van der Waals surface area contributed by atoms with E-state index in [1.54, 1.807) is 13.0 Å². The monoisotopic (exact) mass is 396 g/mol. The van der Waals surface area contributed by atoms with E-state index in [-0.39, 0.29) is 26.1 Å². The van der Waals surface area contributed by atoms with Crippen molar-refractivity contribution in [3.63, 3.8) is 0 Å². The van der Waals surface area contributed by atoms with E-state index in [9.17, 15) is 21.6 Å². The zero-order valence-corrected chi connectivity index (χ0v) is 16.1. The van der Waals surface area contributed by atoms with E-state index in [0.29, 0.717) is 5.57 Å². The zero-order valence-electron chi connectivity index (χ0n) is 14.5. The molecule has 0 radical (unpaired) electrons. The maximum atomic E-state index is 12.2. The lowest BCUT2D eigenvalue weighted by Crippen LogP contribution is -2.37. The molecule has 1 rings (SSSR count). The Morgan fingerprint density at radius 2 is 1.96 bits per heavy atom. The molecule has 144 valence electrons. The van der Waals surface area contributed by atoms with Crippen molar-refractivity contribution in [3.8, 4) is 0 Å².